The third-order valence-corrected chi connectivity index (χ3v) is 3.69. The zero-order valence-corrected chi connectivity index (χ0v) is 11.7. The minimum atomic E-state index is -0.145. The summed E-state index contributed by atoms with van der Waals surface area (Å²) in [5, 5.41) is 11.5. The van der Waals surface area contributed by atoms with E-state index in [4.69, 9.17) is 9.84 Å². The summed E-state index contributed by atoms with van der Waals surface area (Å²) in [7, 11) is 0. The van der Waals surface area contributed by atoms with Crippen LogP contribution in [0, 0.1) is 0 Å². The molecule has 1 fully saturated rings. The molecule has 3 heterocycles. The normalized spacial score (nSPS) is 17.6. The second kappa shape index (κ2) is 6.33. The Morgan fingerprint density at radius 1 is 1.43 bits per heavy atom. The predicted molar refractivity (Wildman–Crippen MR) is 74.9 cm³/mol. The minimum Gasteiger partial charge on any atom is -0.394 e. The molecular weight excluding hydrogens is 274 g/mol. The van der Waals surface area contributed by atoms with Gasteiger partial charge in [0, 0.05) is 25.7 Å². The van der Waals surface area contributed by atoms with Crippen LogP contribution in [0.15, 0.2) is 17.2 Å². The van der Waals surface area contributed by atoms with E-state index in [0.29, 0.717) is 18.9 Å². The van der Waals surface area contributed by atoms with Gasteiger partial charge in [-0.25, -0.2) is 9.97 Å². The minimum absolute atomic E-state index is 0.0672. The first-order chi connectivity index (χ1) is 10.3. The van der Waals surface area contributed by atoms with Crippen molar-refractivity contribution in [1.82, 2.24) is 24.5 Å². The number of hydrogen-bond donors (Lipinski definition) is 2. The Bertz CT molecular complexity index is 645. The number of piperidine rings is 1. The Hall–Kier alpha value is -1.77. The third-order valence-electron chi connectivity index (χ3n) is 3.69. The van der Waals surface area contributed by atoms with Crippen molar-refractivity contribution >= 4 is 5.78 Å². The zero-order valence-electron chi connectivity index (χ0n) is 11.7. The Labute approximate surface area is 121 Å². The SMILES string of the molecule is O=c1cc(CN2CCC(OCCO)CC2)nc2nc[nH]n12. The first-order valence-electron chi connectivity index (χ1n) is 7.13. The second-order valence-electron chi connectivity index (χ2n) is 5.18. The standard InChI is InChI=1S/C13H19N5O3/c19-5-6-21-11-1-3-17(4-2-11)8-10-7-12(20)18-13(16-10)14-9-15-18/h7,9,11,19H,1-6,8H2,(H,14,15,16). The topological polar surface area (TPSA) is 95.8 Å². The van der Waals surface area contributed by atoms with Gasteiger partial charge in [-0.1, -0.05) is 0 Å². The van der Waals surface area contributed by atoms with Gasteiger partial charge >= 0.3 is 0 Å². The lowest BCUT2D eigenvalue weighted by atomic mass is 10.1. The molecule has 2 N–H and O–H groups in total. The number of fused-ring (bicyclic) bond motifs is 1. The molecular formula is C13H19N5O3. The maximum absolute atomic E-state index is 11.9. The highest BCUT2D eigenvalue weighted by atomic mass is 16.5. The highest BCUT2D eigenvalue weighted by Crippen LogP contribution is 2.15. The monoisotopic (exact) mass is 293 g/mol. The van der Waals surface area contributed by atoms with E-state index < -0.39 is 0 Å². The van der Waals surface area contributed by atoms with Crippen molar-refractivity contribution < 1.29 is 9.84 Å². The van der Waals surface area contributed by atoms with Gasteiger partial charge in [-0.15, -0.1) is 0 Å². The van der Waals surface area contributed by atoms with Crippen molar-refractivity contribution in [3.05, 3.63) is 28.4 Å². The van der Waals surface area contributed by atoms with Crippen LogP contribution < -0.4 is 5.56 Å². The van der Waals surface area contributed by atoms with Gasteiger partial charge in [0.1, 0.15) is 6.33 Å². The average Bonchev–Trinajstić information content (AvgIpc) is 2.95. The maximum atomic E-state index is 11.9. The molecule has 1 aliphatic heterocycles. The molecule has 8 heteroatoms. The number of aromatic nitrogens is 4. The van der Waals surface area contributed by atoms with Crippen LogP contribution in [0.25, 0.3) is 5.78 Å². The zero-order chi connectivity index (χ0) is 14.7. The average molecular weight is 293 g/mol. The summed E-state index contributed by atoms with van der Waals surface area (Å²) in [5.74, 6) is 0.402. The van der Waals surface area contributed by atoms with Crippen molar-refractivity contribution in [2.45, 2.75) is 25.5 Å². The van der Waals surface area contributed by atoms with Gasteiger partial charge in [0.15, 0.2) is 0 Å². The molecule has 0 amide bonds. The second-order valence-corrected chi connectivity index (χ2v) is 5.18. The van der Waals surface area contributed by atoms with Gasteiger partial charge in [0.25, 0.3) is 11.3 Å². The van der Waals surface area contributed by atoms with E-state index >= 15 is 0 Å². The lowest BCUT2D eigenvalue weighted by Crippen LogP contribution is -2.37. The largest absolute Gasteiger partial charge is 0.394 e. The van der Waals surface area contributed by atoms with Crippen molar-refractivity contribution in [3.63, 3.8) is 0 Å². The fourth-order valence-corrected chi connectivity index (χ4v) is 2.63. The molecule has 1 saturated heterocycles. The van der Waals surface area contributed by atoms with Gasteiger partial charge in [-0.05, 0) is 12.8 Å². The number of aliphatic hydroxyl groups excluding tert-OH is 1. The highest BCUT2D eigenvalue weighted by molar-refractivity contribution is 5.25. The molecule has 0 spiro atoms. The van der Waals surface area contributed by atoms with E-state index in [1.165, 1.54) is 10.8 Å². The molecule has 0 aromatic carbocycles. The van der Waals surface area contributed by atoms with Crippen LogP contribution in [0.4, 0.5) is 0 Å². The Kier molecular flexibility index (Phi) is 4.28. The molecule has 3 rings (SSSR count). The number of ether oxygens (including phenoxy) is 1. The van der Waals surface area contributed by atoms with Crippen LogP contribution in [-0.4, -0.2) is 62.0 Å². The fourth-order valence-electron chi connectivity index (χ4n) is 2.63. The number of rotatable bonds is 5. The molecule has 0 unspecified atom stereocenters. The Morgan fingerprint density at radius 3 is 3.00 bits per heavy atom. The van der Waals surface area contributed by atoms with Crippen molar-refractivity contribution in [2.75, 3.05) is 26.3 Å². The van der Waals surface area contributed by atoms with E-state index in [1.54, 1.807) is 6.07 Å². The number of nitrogens with zero attached hydrogens (tertiary/aromatic N) is 4. The van der Waals surface area contributed by atoms with Crippen molar-refractivity contribution in [3.8, 4) is 0 Å². The molecule has 1 aliphatic rings. The van der Waals surface area contributed by atoms with Crippen molar-refractivity contribution in [2.24, 2.45) is 0 Å². The molecule has 0 saturated carbocycles. The molecule has 0 aliphatic carbocycles. The number of H-pyrrole nitrogens is 1. The fraction of sp³-hybridized carbons (Fsp3) is 0.615. The Balaban J connectivity index is 1.60. The smallest absolute Gasteiger partial charge is 0.274 e. The molecule has 0 radical (unpaired) electrons. The predicted octanol–water partition coefficient (Wildman–Crippen LogP) is -0.609. The molecule has 0 bridgehead atoms. The van der Waals surface area contributed by atoms with Crippen LogP contribution in [0.3, 0.4) is 0 Å². The molecule has 2 aromatic heterocycles. The van der Waals surface area contributed by atoms with Gasteiger partial charge in [-0.3, -0.25) is 14.8 Å². The van der Waals surface area contributed by atoms with Crippen LogP contribution in [-0.2, 0) is 11.3 Å². The van der Waals surface area contributed by atoms with Gasteiger partial charge in [-0.2, -0.15) is 4.52 Å². The van der Waals surface area contributed by atoms with Crippen molar-refractivity contribution in [1.29, 1.82) is 0 Å². The van der Waals surface area contributed by atoms with E-state index in [1.807, 2.05) is 0 Å². The van der Waals surface area contributed by atoms with Gasteiger partial charge in [0.2, 0.25) is 0 Å². The van der Waals surface area contributed by atoms with Crippen LogP contribution in [0.2, 0.25) is 0 Å². The lowest BCUT2D eigenvalue weighted by molar-refractivity contribution is -0.00919. The molecule has 2 aromatic rings. The quantitative estimate of drug-likeness (QED) is 0.763. The van der Waals surface area contributed by atoms with E-state index in [9.17, 15) is 4.79 Å². The van der Waals surface area contributed by atoms with E-state index in [0.717, 1.165) is 31.6 Å². The maximum Gasteiger partial charge on any atom is 0.274 e. The molecule has 8 nitrogen and oxygen atoms in total. The van der Waals surface area contributed by atoms with Crippen LogP contribution in [0.5, 0.6) is 0 Å². The Morgan fingerprint density at radius 2 is 2.24 bits per heavy atom. The number of aliphatic hydroxyl groups is 1. The molecule has 114 valence electrons. The van der Waals surface area contributed by atoms with Crippen LogP contribution >= 0.6 is 0 Å². The summed E-state index contributed by atoms with van der Waals surface area (Å²) >= 11 is 0. The van der Waals surface area contributed by atoms with Gasteiger partial charge < -0.3 is 9.84 Å². The summed E-state index contributed by atoms with van der Waals surface area (Å²) in [4.78, 5) is 22.5. The number of hydrogen-bond acceptors (Lipinski definition) is 6. The third kappa shape index (κ3) is 3.29. The summed E-state index contributed by atoms with van der Waals surface area (Å²) in [6.45, 7) is 2.91. The molecule has 0 atom stereocenters. The van der Waals surface area contributed by atoms with E-state index in [-0.39, 0.29) is 18.3 Å². The summed E-state index contributed by atoms with van der Waals surface area (Å²) in [6.07, 6.45) is 3.55. The van der Waals surface area contributed by atoms with E-state index in [2.05, 4.69) is 20.0 Å². The van der Waals surface area contributed by atoms with Gasteiger partial charge in [0.05, 0.1) is 25.0 Å². The lowest BCUT2D eigenvalue weighted by Gasteiger charge is -2.31. The summed E-state index contributed by atoms with van der Waals surface area (Å²) < 4.78 is 6.86. The first-order valence-corrected chi connectivity index (χ1v) is 7.13. The number of nitrogens with one attached hydrogen (secondary N) is 1. The summed E-state index contributed by atoms with van der Waals surface area (Å²) in [6, 6.07) is 1.54. The first kappa shape index (κ1) is 14.2. The summed E-state index contributed by atoms with van der Waals surface area (Å²) in [5.41, 5.74) is 0.593. The van der Waals surface area contributed by atoms with Crippen LogP contribution in [0.1, 0.15) is 18.5 Å². The number of aromatic amines is 1. The highest BCUT2D eigenvalue weighted by Gasteiger charge is 2.20. The number of likely N-dealkylation sites (tertiary alicyclic amines) is 1. The molecule has 21 heavy (non-hydrogen) atoms.